The summed E-state index contributed by atoms with van der Waals surface area (Å²) in [5.41, 5.74) is 0.0392. The van der Waals surface area contributed by atoms with E-state index in [0.29, 0.717) is 5.56 Å². The number of alkyl halides is 3. The molecule has 0 heterocycles. The van der Waals surface area contributed by atoms with E-state index >= 15 is 0 Å². The smallest absolute Gasteiger partial charge is 1.00 e. The molecule has 1 aromatic rings. The normalized spacial score (nSPS) is 9.14. The molecule has 1 rings (SSSR count). The number of aryl methyl sites for hydroxylation is 1. The molecule has 0 radical (unpaired) electrons. The minimum absolute atomic E-state index is 0. The maximum Gasteiger partial charge on any atom is 2.00 e. The first-order valence-electron chi connectivity index (χ1n) is 3.14. The molecule has 0 nitrogen and oxygen atoms in total. The van der Waals surface area contributed by atoms with Crippen LogP contribution in [0.25, 0.3) is 0 Å². The standard InChI is InChI=1S/C8H7F3.2BrH.Mg/c1-6-3-2-4-7(5-6)8(9,10)11;;;/h2-5H,1H3;2*1H;/q;;;+2/p-2. The van der Waals surface area contributed by atoms with Crippen LogP contribution in [0.2, 0.25) is 0 Å². The first kappa shape index (κ1) is 20.2. The topological polar surface area (TPSA) is 0 Å². The Hall–Kier alpha value is 0.736. The van der Waals surface area contributed by atoms with Crippen molar-refractivity contribution < 1.29 is 47.1 Å². The molecule has 14 heavy (non-hydrogen) atoms. The van der Waals surface area contributed by atoms with Crippen molar-refractivity contribution in [2.75, 3.05) is 0 Å². The van der Waals surface area contributed by atoms with Crippen LogP contribution in [0.4, 0.5) is 13.2 Å². The second kappa shape index (κ2) is 7.95. The molecular formula is C8H7Br2F3Mg. The maximum absolute atomic E-state index is 12.0. The summed E-state index contributed by atoms with van der Waals surface area (Å²) in [4.78, 5) is 0. The van der Waals surface area contributed by atoms with Crippen molar-refractivity contribution in [3.05, 3.63) is 35.4 Å². The zero-order valence-corrected chi connectivity index (χ0v) is 12.0. The molecular weight excluding hydrogens is 337 g/mol. The summed E-state index contributed by atoms with van der Waals surface area (Å²) in [6, 6.07) is 5.22. The quantitative estimate of drug-likeness (QED) is 0.432. The Morgan fingerprint density at radius 1 is 1.07 bits per heavy atom. The van der Waals surface area contributed by atoms with Gasteiger partial charge in [0.2, 0.25) is 0 Å². The molecule has 0 aromatic heterocycles. The van der Waals surface area contributed by atoms with Crippen molar-refractivity contribution in [1.82, 2.24) is 0 Å². The molecule has 0 N–H and O–H groups in total. The van der Waals surface area contributed by atoms with Gasteiger partial charge in [-0.25, -0.2) is 0 Å². The Bertz CT molecular complexity index is 263. The zero-order chi connectivity index (χ0) is 8.48. The molecule has 6 heteroatoms. The monoisotopic (exact) mass is 342 g/mol. The van der Waals surface area contributed by atoms with E-state index in [1.807, 2.05) is 0 Å². The van der Waals surface area contributed by atoms with Crippen LogP contribution in [0.5, 0.6) is 0 Å². The number of hydrogen-bond donors (Lipinski definition) is 0. The Morgan fingerprint density at radius 3 is 1.86 bits per heavy atom. The van der Waals surface area contributed by atoms with Crippen LogP contribution in [0.1, 0.15) is 11.1 Å². The fraction of sp³-hybridized carbons (Fsp3) is 0.250. The molecule has 0 bridgehead atoms. The van der Waals surface area contributed by atoms with Gasteiger partial charge in [0, 0.05) is 0 Å². The van der Waals surface area contributed by atoms with E-state index in [-0.39, 0.29) is 57.0 Å². The van der Waals surface area contributed by atoms with Crippen LogP contribution in [0.15, 0.2) is 24.3 Å². The van der Waals surface area contributed by atoms with E-state index in [0.717, 1.165) is 12.1 Å². The van der Waals surface area contributed by atoms with Gasteiger partial charge in [-0.15, -0.1) is 0 Å². The van der Waals surface area contributed by atoms with E-state index in [9.17, 15) is 13.2 Å². The molecule has 0 saturated heterocycles. The van der Waals surface area contributed by atoms with Gasteiger partial charge in [-0.2, -0.15) is 13.2 Å². The van der Waals surface area contributed by atoms with Crippen molar-refractivity contribution >= 4 is 23.1 Å². The average molecular weight is 344 g/mol. The maximum atomic E-state index is 12.0. The zero-order valence-electron chi connectivity index (χ0n) is 7.41. The van der Waals surface area contributed by atoms with Crippen LogP contribution < -0.4 is 34.0 Å². The van der Waals surface area contributed by atoms with Crippen molar-refractivity contribution in [2.24, 2.45) is 0 Å². The molecule has 0 aliphatic rings. The van der Waals surface area contributed by atoms with E-state index in [1.54, 1.807) is 13.0 Å². The van der Waals surface area contributed by atoms with Crippen LogP contribution in [0.3, 0.4) is 0 Å². The number of halogens is 5. The Morgan fingerprint density at radius 2 is 1.57 bits per heavy atom. The SMILES string of the molecule is Cc1cccc(C(F)(F)F)c1.[Br-].[Br-].[Mg+2]. The fourth-order valence-electron chi connectivity index (χ4n) is 0.821. The predicted molar refractivity (Wildman–Crippen MR) is 41.9 cm³/mol. The van der Waals surface area contributed by atoms with Crippen molar-refractivity contribution in [3.8, 4) is 0 Å². The largest absolute Gasteiger partial charge is 2.00 e. The number of rotatable bonds is 0. The fourth-order valence-corrected chi connectivity index (χ4v) is 0.821. The summed E-state index contributed by atoms with van der Waals surface area (Å²) in [6.45, 7) is 1.63. The van der Waals surface area contributed by atoms with Crippen LogP contribution in [-0.4, -0.2) is 23.1 Å². The van der Waals surface area contributed by atoms with Gasteiger partial charge in [-0.1, -0.05) is 23.8 Å². The minimum atomic E-state index is -4.22. The molecule has 76 valence electrons. The van der Waals surface area contributed by atoms with Gasteiger partial charge in [0.15, 0.2) is 0 Å². The first-order valence-corrected chi connectivity index (χ1v) is 3.14. The Kier molecular flexibility index (Phi) is 11.5. The summed E-state index contributed by atoms with van der Waals surface area (Å²) in [6.07, 6.45) is -4.22. The van der Waals surface area contributed by atoms with Crippen LogP contribution in [-0.2, 0) is 6.18 Å². The van der Waals surface area contributed by atoms with Gasteiger partial charge >= 0.3 is 29.2 Å². The summed E-state index contributed by atoms with van der Waals surface area (Å²) < 4.78 is 35.9. The molecule has 1 aromatic carbocycles. The van der Waals surface area contributed by atoms with Gasteiger partial charge in [0.1, 0.15) is 0 Å². The van der Waals surface area contributed by atoms with Gasteiger partial charge < -0.3 is 34.0 Å². The average Bonchev–Trinajstić information content (AvgIpc) is 1.86. The minimum Gasteiger partial charge on any atom is -1.00 e. The Balaban J connectivity index is -0.000000403. The van der Waals surface area contributed by atoms with Crippen molar-refractivity contribution in [3.63, 3.8) is 0 Å². The van der Waals surface area contributed by atoms with Crippen LogP contribution in [0, 0.1) is 6.92 Å². The molecule has 0 amide bonds. The molecule has 0 unspecified atom stereocenters. The summed E-state index contributed by atoms with van der Waals surface area (Å²) in [7, 11) is 0. The van der Waals surface area contributed by atoms with E-state index in [1.165, 1.54) is 6.07 Å². The third kappa shape index (κ3) is 6.26. The molecule has 0 spiro atoms. The summed E-state index contributed by atoms with van der Waals surface area (Å²) in [5.74, 6) is 0. The van der Waals surface area contributed by atoms with E-state index in [4.69, 9.17) is 0 Å². The van der Waals surface area contributed by atoms with Gasteiger partial charge in [0.25, 0.3) is 0 Å². The summed E-state index contributed by atoms with van der Waals surface area (Å²) in [5, 5.41) is 0. The molecule has 0 aliphatic carbocycles. The second-order valence-electron chi connectivity index (χ2n) is 2.37. The Labute approximate surface area is 118 Å². The summed E-state index contributed by atoms with van der Waals surface area (Å²) >= 11 is 0. The third-order valence-corrected chi connectivity index (χ3v) is 1.35. The second-order valence-corrected chi connectivity index (χ2v) is 2.37. The third-order valence-electron chi connectivity index (χ3n) is 1.35. The first-order chi connectivity index (χ1) is 5.00. The van der Waals surface area contributed by atoms with Gasteiger partial charge in [-0.3, -0.25) is 0 Å². The van der Waals surface area contributed by atoms with Crippen LogP contribution >= 0.6 is 0 Å². The van der Waals surface area contributed by atoms with E-state index in [2.05, 4.69) is 0 Å². The molecule has 0 saturated carbocycles. The molecule has 0 atom stereocenters. The van der Waals surface area contributed by atoms with Gasteiger partial charge in [-0.05, 0) is 13.0 Å². The van der Waals surface area contributed by atoms with Gasteiger partial charge in [0.05, 0.1) is 5.56 Å². The van der Waals surface area contributed by atoms with Crippen molar-refractivity contribution in [1.29, 1.82) is 0 Å². The molecule has 0 fully saturated rings. The van der Waals surface area contributed by atoms with Crippen molar-refractivity contribution in [2.45, 2.75) is 13.1 Å². The predicted octanol–water partition coefficient (Wildman–Crippen LogP) is -3.36. The number of hydrogen-bond acceptors (Lipinski definition) is 0. The molecule has 0 aliphatic heterocycles. The number of benzene rings is 1. The van der Waals surface area contributed by atoms with E-state index < -0.39 is 11.7 Å².